The van der Waals surface area contributed by atoms with Gasteiger partial charge in [-0.15, -0.1) is 0 Å². The highest BCUT2D eigenvalue weighted by atomic mass is 16.5. The van der Waals surface area contributed by atoms with Crippen LogP contribution in [0.5, 0.6) is 17.2 Å². The van der Waals surface area contributed by atoms with Gasteiger partial charge in [-0.25, -0.2) is 14.4 Å². The first kappa shape index (κ1) is 20.9. The molecule has 0 spiro atoms. The average molecular weight is 348 g/mol. The number of phenols is 1. The molecule has 2 atom stereocenters. The average Bonchev–Trinajstić information content (AvgIpc) is 2.53. The lowest BCUT2D eigenvalue weighted by molar-refractivity contribution is -0.165. The number of aliphatic carboxylic acids is 2. The van der Waals surface area contributed by atoms with Gasteiger partial charge in [0, 0.05) is 0 Å². The summed E-state index contributed by atoms with van der Waals surface area (Å²) >= 11 is 0. The lowest BCUT2D eigenvalue weighted by Gasteiger charge is -2.08. The van der Waals surface area contributed by atoms with E-state index in [0.717, 1.165) is 0 Å². The summed E-state index contributed by atoms with van der Waals surface area (Å²) in [6.07, 6.45) is -4.53. The summed E-state index contributed by atoms with van der Waals surface area (Å²) in [5.41, 5.74) is -0.00324. The van der Waals surface area contributed by atoms with Crippen LogP contribution in [0.3, 0.4) is 0 Å². The minimum absolute atomic E-state index is 0.00324. The topological polar surface area (TPSA) is 191 Å². The molecule has 0 amide bonds. The Morgan fingerprint density at radius 2 is 1.21 bits per heavy atom. The van der Waals surface area contributed by atoms with E-state index >= 15 is 0 Å². The Morgan fingerprint density at radius 3 is 1.42 bits per heavy atom. The molecule has 0 saturated heterocycles. The van der Waals surface area contributed by atoms with Crippen LogP contribution in [0, 0.1) is 0 Å². The van der Waals surface area contributed by atoms with E-state index in [4.69, 9.17) is 35.0 Å². The highest BCUT2D eigenvalue weighted by molar-refractivity contribution is 5.89. The Balaban J connectivity index is 0.000000470. The summed E-state index contributed by atoms with van der Waals surface area (Å²) in [5, 5.41) is 50.7. The normalized spacial score (nSPS) is 12.2. The van der Waals surface area contributed by atoms with E-state index in [1.54, 1.807) is 0 Å². The van der Waals surface area contributed by atoms with E-state index < -0.39 is 30.1 Å². The lowest BCUT2D eigenvalue weighted by atomic mass is 10.2. The molecular formula is C13H16O11. The molecule has 0 saturated carbocycles. The van der Waals surface area contributed by atoms with Gasteiger partial charge in [-0.2, -0.15) is 0 Å². The van der Waals surface area contributed by atoms with Crippen LogP contribution in [0.2, 0.25) is 0 Å². The van der Waals surface area contributed by atoms with Crippen molar-refractivity contribution in [3.8, 4) is 17.2 Å². The van der Waals surface area contributed by atoms with Gasteiger partial charge in [0.2, 0.25) is 5.75 Å². The zero-order chi connectivity index (χ0) is 19.0. The molecule has 0 bridgehead atoms. The molecule has 1 aromatic carbocycles. The van der Waals surface area contributed by atoms with E-state index in [2.05, 4.69) is 0 Å². The van der Waals surface area contributed by atoms with Crippen LogP contribution in [0.25, 0.3) is 0 Å². The fourth-order valence-electron chi connectivity index (χ4n) is 1.29. The number of hydrogen-bond donors (Lipinski definition) is 6. The first-order chi connectivity index (χ1) is 11.1. The van der Waals surface area contributed by atoms with E-state index in [9.17, 15) is 19.5 Å². The Kier molecular flexibility index (Phi) is 8.01. The number of aliphatic hydroxyl groups is 2. The molecule has 6 N–H and O–H groups in total. The van der Waals surface area contributed by atoms with Crippen LogP contribution in [0.1, 0.15) is 10.4 Å². The fourth-order valence-corrected chi connectivity index (χ4v) is 1.29. The predicted octanol–water partition coefficient (Wildman–Crippen LogP) is -1.02. The maximum Gasteiger partial charge on any atom is 0.335 e. The van der Waals surface area contributed by atoms with Gasteiger partial charge < -0.3 is 40.1 Å². The first-order valence-electron chi connectivity index (χ1n) is 6.06. The molecule has 1 rings (SSSR count). The van der Waals surface area contributed by atoms with Crippen molar-refractivity contribution < 1.29 is 54.5 Å². The number of carboxylic acids is 3. The third-order valence-corrected chi connectivity index (χ3v) is 2.53. The molecule has 24 heavy (non-hydrogen) atoms. The minimum Gasteiger partial charge on any atom is -0.502 e. The van der Waals surface area contributed by atoms with Gasteiger partial charge in [0.15, 0.2) is 23.7 Å². The highest BCUT2D eigenvalue weighted by Gasteiger charge is 2.29. The van der Waals surface area contributed by atoms with Crippen molar-refractivity contribution in [2.45, 2.75) is 12.2 Å². The number of phenolic OH excluding ortho intramolecular Hbond substituents is 1. The number of methoxy groups -OCH3 is 2. The standard InChI is InChI=1S/C9H10O5.C4H6O6/c1-13-6-3-5(9(11)12)4-7(14-2)8(6)10;5-1(3(7)8)2(6)4(9)10/h3-4,10H,1-2H3,(H,11,12);1-2,5-6H,(H,7,8)(H,9,10). The number of benzene rings is 1. The molecule has 0 fully saturated rings. The Bertz CT molecular complexity index is 567. The number of aromatic hydroxyl groups is 1. The van der Waals surface area contributed by atoms with Crippen molar-refractivity contribution in [2.75, 3.05) is 14.2 Å². The number of aromatic carboxylic acids is 1. The molecule has 11 heteroatoms. The first-order valence-corrected chi connectivity index (χ1v) is 6.06. The van der Waals surface area contributed by atoms with Crippen LogP contribution < -0.4 is 9.47 Å². The Morgan fingerprint density at radius 1 is 0.875 bits per heavy atom. The molecule has 134 valence electrons. The molecule has 0 heterocycles. The lowest BCUT2D eigenvalue weighted by Crippen LogP contribution is -2.39. The molecule has 0 aliphatic carbocycles. The molecule has 2 unspecified atom stereocenters. The van der Waals surface area contributed by atoms with E-state index in [1.807, 2.05) is 0 Å². The summed E-state index contributed by atoms with van der Waals surface area (Å²) in [7, 11) is 2.67. The zero-order valence-corrected chi connectivity index (χ0v) is 12.5. The highest BCUT2D eigenvalue weighted by Crippen LogP contribution is 2.36. The van der Waals surface area contributed by atoms with Gasteiger partial charge in [0.05, 0.1) is 19.8 Å². The third-order valence-electron chi connectivity index (χ3n) is 2.53. The predicted molar refractivity (Wildman–Crippen MR) is 75.5 cm³/mol. The number of carboxylic acid groups (broad SMARTS) is 3. The van der Waals surface area contributed by atoms with Crippen molar-refractivity contribution in [1.29, 1.82) is 0 Å². The molecule has 0 radical (unpaired) electrons. The monoisotopic (exact) mass is 348 g/mol. The maximum atomic E-state index is 10.7. The molecule has 0 aliphatic rings. The summed E-state index contributed by atoms with van der Waals surface area (Å²) in [4.78, 5) is 30.2. The molecule has 0 aromatic heterocycles. The van der Waals surface area contributed by atoms with Crippen molar-refractivity contribution in [2.24, 2.45) is 0 Å². The fraction of sp³-hybridized carbons (Fsp3) is 0.308. The second-order valence-electron chi connectivity index (χ2n) is 4.10. The van der Waals surface area contributed by atoms with Gasteiger partial charge in [0.25, 0.3) is 0 Å². The third kappa shape index (κ3) is 5.62. The number of carbonyl (C=O) groups is 3. The van der Waals surface area contributed by atoms with E-state index in [0.29, 0.717) is 0 Å². The van der Waals surface area contributed by atoms with Crippen LogP contribution in [0.15, 0.2) is 12.1 Å². The molecular weight excluding hydrogens is 332 g/mol. The Labute approximate surface area is 134 Å². The van der Waals surface area contributed by atoms with E-state index in [-0.39, 0.29) is 22.8 Å². The largest absolute Gasteiger partial charge is 0.502 e. The second kappa shape index (κ2) is 9.17. The number of rotatable bonds is 6. The van der Waals surface area contributed by atoms with Gasteiger partial charge in [-0.05, 0) is 12.1 Å². The minimum atomic E-state index is -2.27. The number of hydrogen-bond acceptors (Lipinski definition) is 8. The second-order valence-corrected chi connectivity index (χ2v) is 4.10. The van der Waals surface area contributed by atoms with Crippen molar-refractivity contribution in [1.82, 2.24) is 0 Å². The quantitative estimate of drug-likeness (QED) is 0.369. The number of aliphatic hydroxyl groups excluding tert-OH is 2. The van der Waals surface area contributed by atoms with Crippen molar-refractivity contribution in [3.63, 3.8) is 0 Å². The number of ether oxygens (including phenoxy) is 2. The van der Waals surface area contributed by atoms with Gasteiger partial charge >= 0.3 is 17.9 Å². The van der Waals surface area contributed by atoms with Crippen LogP contribution in [0.4, 0.5) is 0 Å². The van der Waals surface area contributed by atoms with Gasteiger partial charge in [-0.3, -0.25) is 0 Å². The maximum absolute atomic E-state index is 10.7. The van der Waals surface area contributed by atoms with Gasteiger partial charge in [0.1, 0.15) is 0 Å². The molecule has 0 aliphatic heterocycles. The SMILES string of the molecule is COc1cc(C(=O)O)cc(OC)c1O.O=C(O)C(O)C(O)C(=O)O. The summed E-state index contributed by atoms with van der Waals surface area (Å²) in [6.45, 7) is 0. The van der Waals surface area contributed by atoms with Gasteiger partial charge in [-0.1, -0.05) is 0 Å². The summed E-state index contributed by atoms with van der Waals surface area (Å²) < 4.78 is 9.57. The van der Waals surface area contributed by atoms with Crippen LogP contribution in [-0.4, -0.2) is 75.0 Å². The smallest absolute Gasteiger partial charge is 0.335 e. The van der Waals surface area contributed by atoms with Crippen molar-refractivity contribution >= 4 is 17.9 Å². The molecule has 1 aromatic rings. The Hall–Kier alpha value is -3.05. The van der Waals surface area contributed by atoms with Crippen LogP contribution in [-0.2, 0) is 9.59 Å². The van der Waals surface area contributed by atoms with Crippen molar-refractivity contribution in [3.05, 3.63) is 17.7 Å². The molecule has 11 nitrogen and oxygen atoms in total. The summed E-state index contributed by atoms with van der Waals surface area (Å²) in [6, 6.07) is 2.44. The summed E-state index contributed by atoms with van der Waals surface area (Å²) in [5.74, 6) is -4.71. The van der Waals surface area contributed by atoms with E-state index in [1.165, 1.54) is 26.4 Å². The van der Waals surface area contributed by atoms with Crippen LogP contribution >= 0.6 is 0 Å². The zero-order valence-electron chi connectivity index (χ0n) is 12.5.